The molecule has 1 aliphatic heterocycles. The predicted octanol–water partition coefficient (Wildman–Crippen LogP) is 1.96. The number of carbonyl (C=O) groups is 1. The molecule has 6 nitrogen and oxygen atoms in total. The fourth-order valence-electron chi connectivity index (χ4n) is 2.83. The van der Waals surface area contributed by atoms with Gasteiger partial charge < -0.3 is 9.64 Å². The first-order valence-electron chi connectivity index (χ1n) is 8.38. The van der Waals surface area contributed by atoms with Gasteiger partial charge in [0.2, 0.25) is 15.9 Å². The van der Waals surface area contributed by atoms with E-state index in [0.29, 0.717) is 44.8 Å². The summed E-state index contributed by atoms with van der Waals surface area (Å²) in [6.07, 6.45) is 1.14. The zero-order valence-corrected chi connectivity index (χ0v) is 15.4. The quantitative estimate of drug-likeness (QED) is 0.783. The van der Waals surface area contributed by atoms with E-state index in [9.17, 15) is 13.2 Å². The maximum atomic E-state index is 12.7. The highest BCUT2D eigenvalue weighted by Crippen LogP contribution is 2.26. The lowest BCUT2D eigenvalue weighted by Crippen LogP contribution is -2.43. The molecule has 1 fully saturated rings. The minimum atomic E-state index is -3.52. The van der Waals surface area contributed by atoms with Gasteiger partial charge in [-0.25, -0.2) is 8.42 Å². The highest BCUT2D eigenvalue weighted by molar-refractivity contribution is 7.89. The molecule has 1 heterocycles. The lowest BCUT2D eigenvalue weighted by Gasteiger charge is -2.32. The summed E-state index contributed by atoms with van der Waals surface area (Å²) in [5, 5.41) is 0. The van der Waals surface area contributed by atoms with Crippen LogP contribution in [0.1, 0.15) is 26.7 Å². The third kappa shape index (κ3) is 4.08. The number of hydrogen-bond acceptors (Lipinski definition) is 4. The summed E-state index contributed by atoms with van der Waals surface area (Å²) in [4.78, 5) is 14.2. The van der Waals surface area contributed by atoms with Crippen molar-refractivity contribution in [2.24, 2.45) is 5.92 Å². The number of nitrogens with zero attached hydrogens (tertiary/aromatic N) is 2. The van der Waals surface area contributed by atoms with Gasteiger partial charge in [0.05, 0.1) is 11.5 Å². The number of rotatable bonds is 6. The Bertz CT molecular complexity index is 650. The first-order chi connectivity index (χ1) is 11.4. The van der Waals surface area contributed by atoms with Crippen LogP contribution in [0.15, 0.2) is 29.2 Å². The maximum absolute atomic E-state index is 12.7. The molecule has 1 aromatic rings. The number of carbonyl (C=O) groups excluding carboxylic acids is 1. The molecule has 0 unspecified atom stereocenters. The molecule has 0 atom stereocenters. The summed E-state index contributed by atoms with van der Waals surface area (Å²) in [5.41, 5.74) is 0. The number of piperidine rings is 1. The SMILES string of the molecule is CCOc1ccc(S(=O)(=O)N2CCC(C(=O)N(C)CC)CC2)cc1. The molecule has 0 N–H and O–H groups in total. The van der Waals surface area contributed by atoms with Crippen LogP contribution in [0.25, 0.3) is 0 Å². The fraction of sp³-hybridized carbons (Fsp3) is 0.588. The number of sulfonamides is 1. The number of hydrogen-bond donors (Lipinski definition) is 0. The average Bonchev–Trinajstić information content (AvgIpc) is 2.61. The van der Waals surface area contributed by atoms with Crippen molar-refractivity contribution in [3.63, 3.8) is 0 Å². The minimum Gasteiger partial charge on any atom is -0.494 e. The van der Waals surface area contributed by atoms with Crippen LogP contribution < -0.4 is 4.74 Å². The molecule has 0 aliphatic carbocycles. The molecule has 0 aromatic heterocycles. The second kappa shape index (κ2) is 7.98. The molecule has 7 heteroatoms. The molecule has 1 saturated heterocycles. The molecule has 1 aliphatic rings. The molecule has 0 bridgehead atoms. The summed E-state index contributed by atoms with van der Waals surface area (Å²) in [7, 11) is -1.73. The lowest BCUT2D eigenvalue weighted by atomic mass is 9.97. The van der Waals surface area contributed by atoms with Gasteiger partial charge >= 0.3 is 0 Å². The second-order valence-corrected chi connectivity index (χ2v) is 7.87. The smallest absolute Gasteiger partial charge is 0.243 e. The van der Waals surface area contributed by atoms with Crippen molar-refractivity contribution in [2.45, 2.75) is 31.6 Å². The molecule has 1 amide bonds. The Hall–Kier alpha value is -1.60. The van der Waals surface area contributed by atoms with E-state index < -0.39 is 10.0 Å². The van der Waals surface area contributed by atoms with Gasteiger partial charge in [0.15, 0.2) is 0 Å². The highest BCUT2D eigenvalue weighted by Gasteiger charge is 2.32. The molecule has 0 saturated carbocycles. The molecule has 2 rings (SSSR count). The number of amides is 1. The van der Waals surface area contributed by atoms with Gasteiger partial charge in [0, 0.05) is 32.6 Å². The van der Waals surface area contributed by atoms with Crippen LogP contribution >= 0.6 is 0 Å². The van der Waals surface area contributed by atoms with Gasteiger partial charge in [0.25, 0.3) is 0 Å². The van der Waals surface area contributed by atoms with E-state index in [-0.39, 0.29) is 16.7 Å². The largest absolute Gasteiger partial charge is 0.494 e. The zero-order valence-electron chi connectivity index (χ0n) is 14.6. The normalized spacial score (nSPS) is 16.8. The topological polar surface area (TPSA) is 66.9 Å². The van der Waals surface area contributed by atoms with Gasteiger partial charge in [-0.2, -0.15) is 4.31 Å². The van der Waals surface area contributed by atoms with E-state index in [1.54, 1.807) is 36.2 Å². The Morgan fingerprint density at radius 3 is 2.29 bits per heavy atom. The van der Waals surface area contributed by atoms with E-state index in [2.05, 4.69) is 0 Å². The summed E-state index contributed by atoms with van der Waals surface area (Å²) >= 11 is 0. The standard InChI is InChI=1S/C17H26N2O4S/c1-4-18(3)17(20)14-10-12-19(13-11-14)24(21,22)16-8-6-15(7-9-16)23-5-2/h6-9,14H,4-5,10-13H2,1-3H3. The van der Waals surface area contributed by atoms with Crippen molar-refractivity contribution in [2.75, 3.05) is 33.3 Å². The lowest BCUT2D eigenvalue weighted by molar-refractivity contribution is -0.135. The molecular weight excluding hydrogens is 328 g/mol. The Morgan fingerprint density at radius 2 is 1.79 bits per heavy atom. The Kier molecular flexibility index (Phi) is 6.23. The van der Waals surface area contributed by atoms with E-state index in [0.717, 1.165) is 0 Å². The van der Waals surface area contributed by atoms with Crippen molar-refractivity contribution in [1.82, 2.24) is 9.21 Å². The van der Waals surface area contributed by atoms with Crippen molar-refractivity contribution >= 4 is 15.9 Å². The van der Waals surface area contributed by atoms with Crippen LogP contribution in [-0.4, -0.2) is 56.8 Å². The summed E-state index contributed by atoms with van der Waals surface area (Å²) in [6.45, 7) is 5.78. The van der Waals surface area contributed by atoms with Crippen molar-refractivity contribution in [1.29, 1.82) is 0 Å². The first-order valence-corrected chi connectivity index (χ1v) is 9.82. The Labute approximate surface area is 144 Å². The van der Waals surface area contributed by atoms with Crippen LogP contribution in [0.3, 0.4) is 0 Å². The number of benzene rings is 1. The van der Waals surface area contributed by atoms with Crippen molar-refractivity contribution in [3.05, 3.63) is 24.3 Å². The number of ether oxygens (including phenoxy) is 1. The van der Waals surface area contributed by atoms with Gasteiger partial charge in [-0.05, 0) is 51.0 Å². The van der Waals surface area contributed by atoms with Gasteiger partial charge in [-0.15, -0.1) is 0 Å². The van der Waals surface area contributed by atoms with Crippen molar-refractivity contribution < 1.29 is 17.9 Å². The van der Waals surface area contributed by atoms with Crippen LogP contribution in [0, 0.1) is 5.92 Å². The van der Waals surface area contributed by atoms with E-state index in [1.165, 1.54) is 4.31 Å². The monoisotopic (exact) mass is 354 g/mol. The molecule has 1 aromatic carbocycles. The molecule has 24 heavy (non-hydrogen) atoms. The molecule has 0 spiro atoms. The van der Waals surface area contributed by atoms with Gasteiger partial charge in [0.1, 0.15) is 5.75 Å². The highest BCUT2D eigenvalue weighted by atomic mass is 32.2. The van der Waals surface area contributed by atoms with Gasteiger partial charge in [-0.3, -0.25) is 4.79 Å². The molecule has 134 valence electrons. The summed E-state index contributed by atoms with van der Waals surface area (Å²) < 4.78 is 32.2. The molecule has 0 radical (unpaired) electrons. The third-order valence-electron chi connectivity index (χ3n) is 4.43. The predicted molar refractivity (Wildman–Crippen MR) is 92.4 cm³/mol. The summed E-state index contributed by atoms with van der Waals surface area (Å²) in [5.74, 6) is 0.681. The average molecular weight is 354 g/mol. The minimum absolute atomic E-state index is 0.0817. The first kappa shape index (κ1) is 18.7. The van der Waals surface area contributed by atoms with Crippen LogP contribution in [0.5, 0.6) is 5.75 Å². The maximum Gasteiger partial charge on any atom is 0.243 e. The second-order valence-electron chi connectivity index (χ2n) is 5.94. The Balaban J connectivity index is 2.03. The zero-order chi connectivity index (χ0) is 17.7. The van der Waals surface area contributed by atoms with E-state index >= 15 is 0 Å². The van der Waals surface area contributed by atoms with Crippen LogP contribution in [0.4, 0.5) is 0 Å². The van der Waals surface area contributed by atoms with Crippen LogP contribution in [-0.2, 0) is 14.8 Å². The fourth-order valence-corrected chi connectivity index (χ4v) is 4.30. The van der Waals surface area contributed by atoms with Gasteiger partial charge in [-0.1, -0.05) is 0 Å². The third-order valence-corrected chi connectivity index (χ3v) is 6.34. The van der Waals surface area contributed by atoms with E-state index in [4.69, 9.17) is 4.74 Å². The van der Waals surface area contributed by atoms with Crippen molar-refractivity contribution in [3.8, 4) is 5.75 Å². The van der Waals surface area contributed by atoms with Crippen LogP contribution in [0.2, 0.25) is 0 Å². The summed E-state index contributed by atoms with van der Waals surface area (Å²) in [6, 6.07) is 6.48. The van der Waals surface area contributed by atoms with E-state index in [1.807, 2.05) is 13.8 Å². The Morgan fingerprint density at radius 1 is 1.21 bits per heavy atom. The molecular formula is C17H26N2O4S.